The molecule has 0 aromatic rings. The van der Waals surface area contributed by atoms with Gasteiger partial charge in [0.15, 0.2) is 0 Å². The van der Waals surface area contributed by atoms with Crippen molar-refractivity contribution in [2.45, 2.75) is 6.42 Å². The first-order valence-electron chi connectivity index (χ1n) is 3.51. The molecule has 2 heterocycles. The van der Waals surface area contributed by atoms with E-state index >= 15 is 0 Å². The van der Waals surface area contributed by atoms with Gasteiger partial charge >= 0.3 is 0 Å². The van der Waals surface area contributed by atoms with Crippen LogP contribution in [0.2, 0.25) is 0 Å². The highest BCUT2D eigenvalue weighted by Crippen LogP contribution is 2.32. The molecule has 3 nitrogen and oxygen atoms in total. The summed E-state index contributed by atoms with van der Waals surface area (Å²) < 4.78 is 0. The summed E-state index contributed by atoms with van der Waals surface area (Å²) in [6.07, 6.45) is 1.29. The second kappa shape index (κ2) is 1.68. The molecule has 0 atom stereocenters. The van der Waals surface area contributed by atoms with Gasteiger partial charge in [-0.2, -0.15) is 0 Å². The number of hydrogen-bond acceptors (Lipinski definition) is 3. The maximum Gasteiger partial charge on any atom is 0.0210 e. The molecule has 0 saturated carbocycles. The van der Waals surface area contributed by atoms with Crippen LogP contribution < -0.4 is 11.2 Å². The number of hydrazine groups is 1. The van der Waals surface area contributed by atoms with Crippen molar-refractivity contribution in [3.05, 3.63) is 0 Å². The van der Waals surface area contributed by atoms with Crippen molar-refractivity contribution in [3.8, 4) is 0 Å². The van der Waals surface area contributed by atoms with Crippen molar-refractivity contribution in [3.63, 3.8) is 0 Å². The highest BCUT2D eigenvalue weighted by Gasteiger charge is 2.41. The molecule has 0 aromatic heterocycles. The smallest absolute Gasteiger partial charge is 0.0210 e. The second-order valence-corrected chi connectivity index (χ2v) is 3.32. The van der Waals surface area contributed by atoms with E-state index in [1.807, 2.05) is 5.01 Å². The summed E-state index contributed by atoms with van der Waals surface area (Å²) in [6, 6.07) is 0. The van der Waals surface area contributed by atoms with Crippen LogP contribution >= 0.6 is 0 Å². The lowest BCUT2D eigenvalue weighted by atomic mass is 9.81. The minimum absolute atomic E-state index is 0.578. The van der Waals surface area contributed by atoms with Gasteiger partial charge in [0.2, 0.25) is 0 Å². The molecule has 2 fully saturated rings. The van der Waals surface area contributed by atoms with Crippen molar-refractivity contribution in [1.29, 1.82) is 0 Å². The van der Waals surface area contributed by atoms with Crippen molar-refractivity contribution in [1.82, 2.24) is 10.3 Å². The molecule has 0 radical (unpaired) electrons. The minimum atomic E-state index is 0.578. The molecule has 0 aliphatic carbocycles. The van der Waals surface area contributed by atoms with Crippen LogP contribution in [0, 0.1) is 5.41 Å². The Labute approximate surface area is 55.2 Å². The van der Waals surface area contributed by atoms with Gasteiger partial charge in [0.25, 0.3) is 0 Å². The van der Waals surface area contributed by atoms with E-state index in [1.54, 1.807) is 0 Å². The fourth-order valence-electron chi connectivity index (χ4n) is 1.74. The SMILES string of the molecule is NN1CCC2(CNC2)C1. The standard InChI is InChI=1S/C6H13N3/c7-9-2-1-6(5-9)3-8-4-6/h8H,1-5,7H2. The van der Waals surface area contributed by atoms with Crippen LogP contribution in [-0.4, -0.2) is 31.2 Å². The van der Waals surface area contributed by atoms with Crippen LogP contribution in [0.3, 0.4) is 0 Å². The van der Waals surface area contributed by atoms with Gasteiger partial charge in [-0.15, -0.1) is 0 Å². The number of nitrogens with one attached hydrogen (secondary N) is 1. The Bertz CT molecular complexity index is 119. The largest absolute Gasteiger partial charge is 0.315 e. The van der Waals surface area contributed by atoms with E-state index in [1.165, 1.54) is 19.5 Å². The Morgan fingerprint density at radius 1 is 1.44 bits per heavy atom. The summed E-state index contributed by atoms with van der Waals surface area (Å²) in [5.41, 5.74) is 0.578. The Hall–Kier alpha value is -0.120. The van der Waals surface area contributed by atoms with Crippen LogP contribution in [0.5, 0.6) is 0 Å². The third-order valence-electron chi connectivity index (χ3n) is 2.47. The topological polar surface area (TPSA) is 41.3 Å². The summed E-state index contributed by atoms with van der Waals surface area (Å²) in [4.78, 5) is 0. The molecule has 0 bridgehead atoms. The third-order valence-corrected chi connectivity index (χ3v) is 2.47. The normalized spacial score (nSPS) is 33.0. The lowest BCUT2D eigenvalue weighted by Crippen LogP contribution is -2.55. The number of rotatable bonds is 0. The van der Waals surface area contributed by atoms with E-state index in [2.05, 4.69) is 5.32 Å². The number of hydrogen-bond donors (Lipinski definition) is 2. The van der Waals surface area contributed by atoms with E-state index in [-0.39, 0.29) is 0 Å². The number of nitrogens with zero attached hydrogens (tertiary/aromatic N) is 1. The maximum absolute atomic E-state index is 5.63. The van der Waals surface area contributed by atoms with Gasteiger partial charge < -0.3 is 5.32 Å². The summed E-state index contributed by atoms with van der Waals surface area (Å²) in [7, 11) is 0. The minimum Gasteiger partial charge on any atom is -0.315 e. The zero-order chi connectivity index (χ0) is 6.32. The molecule has 2 saturated heterocycles. The molecule has 2 rings (SSSR count). The molecule has 2 aliphatic rings. The fourth-order valence-corrected chi connectivity index (χ4v) is 1.74. The predicted octanol–water partition coefficient (Wildman–Crippen LogP) is -0.845. The van der Waals surface area contributed by atoms with Gasteiger partial charge in [-0.1, -0.05) is 0 Å². The van der Waals surface area contributed by atoms with E-state index < -0.39 is 0 Å². The molecule has 2 aliphatic heterocycles. The average molecular weight is 127 g/mol. The Morgan fingerprint density at radius 2 is 2.22 bits per heavy atom. The molecule has 0 amide bonds. The van der Waals surface area contributed by atoms with Crippen LogP contribution in [0.25, 0.3) is 0 Å². The molecule has 3 N–H and O–H groups in total. The van der Waals surface area contributed by atoms with Gasteiger partial charge in [-0.25, -0.2) is 5.01 Å². The van der Waals surface area contributed by atoms with Crippen LogP contribution in [0.4, 0.5) is 0 Å². The van der Waals surface area contributed by atoms with Gasteiger partial charge in [-0.3, -0.25) is 5.84 Å². The Kier molecular flexibility index (Phi) is 1.06. The lowest BCUT2D eigenvalue weighted by molar-refractivity contribution is 0.170. The first-order valence-corrected chi connectivity index (χ1v) is 3.51. The third kappa shape index (κ3) is 0.764. The highest BCUT2D eigenvalue weighted by molar-refractivity contribution is 4.97. The Morgan fingerprint density at radius 3 is 2.44 bits per heavy atom. The highest BCUT2D eigenvalue weighted by atomic mass is 15.4. The summed E-state index contributed by atoms with van der Waals surface area (Å²) >= 11 is 0. The summed E-state index contributed by atoms with van der Waals surface area (Å²) in [6.45, 7) is 4.54. The van der Waals surface area contributed by atoms with Crippen molar-refractivity contribution >= 4 is 0 Å². The molecule has 3 heteroatoms. The van der Waals surface area contributed by atoms with Gasteiger partial charge in [0.05, 0.1) is 0 Å². The molecule has 0 unspecified atom stereocenters. The lowest BCUT2D eigenvalue weighted by Gasteiger charge is -2.38. The second-order valence-electron chi connectivity index (χ2n) is 3.32. The van der Waals surface area contributed by atoms with Crippen LogP contribution in [0.1, 0.15) is 6.42 Å². The fraction of sp³-hybridized carbons (Fsp3) is 1.00. The maximum atomic E-state index is 5.63. The molecule has 0 aromatic carbocycles. The van der Waals surface area contributed by atoms with Gasteiger partial charge in [0, 0.05) is 31.6 Å². The Balaban J connectivity index is 1.99. The summed E-state index contributed by atoms with van der Waals surface area (Å²) in [5.74, 6) is 5.63. The molecule has 9 heavy (non-hydrogen) atoms. The molecular formula is C6H13N3. The van der Waals surface area contributed by atoms with Crippen LogP contribution in [-0.2, 0) is 0 Å². The van der Waals surface area contributed by atoms with Crippen molar-refractivity contribution < 1.29 is 0 Å². The van der Waals surface area contributed by atoms with Gasteiger partial charge in [0.1, 0.15) is 0 Å². The quantitative estimate of drug-likeness (QED) is 0.417. The van der Waals surface area contributed by atoms with E-state index in [9.17, 15) is 0 Å². The first kappa shape index (κ1) is 5.65. The summed E-state index contributed by atoms with van der Waals surface area (Å²) in [5, 5.41) is 5.21. The molecular weight excluding hydrogens is 114 g/mol. The van der Waals surface area contributed by atoms with Crippen LogP contribution in [0.15, 0.2) is 0 Å². The van der Waals surface area contributed by atoms with Crippen molar-refractivity contribution in [2.24, 2.45) is 11.3 Å². The number of nitrogens with two attached hydrogens (primary N) is 1. The molecule has 52 valence electrons. The zero-order valence-corrected chi connectivity index (χ0v) is 5.56. The van der Waals surface area contributed by atoms with Crippen molar-refractivity contribution in [2.75, 3.05) is 26.2 Å². The monoisotopic (exact) mass is 127 g/mol. The zero-order valence-electron chi connectivity index (χ0n) is 5.56. The first-order chi connectivity index (χ1) is 4.31. The van der Waals surface area contributed by atoms with E-state index in [4.69, 9.17) is 5.84 Å². The predicted molar refractivity (Wildman–Crippen MR) is 35.7 cm³/mol. The molecule has 1 spiro atoms. The average Bonchev–Trinajstić information content (AvgIpc) is 2.09. The van der Waals surface area contributed by atoms with E-state index in [0.717, 1.165) is 13.1 Å². The van der Waals surface area contributed by atoms with Gasteiger partial charge in [-0.05, 0) is 6.42 Å². The van der Waals surface area contributed by atoms with E-state index in [0.29, 0.717) is 5.41 Å².